The van der Waals surface area contributed by atoms with Crippen molar-refractivity contribution in [3.63, 3.8) is 0 Å². The minimum Gasteiger partial charge on any atom is -0.500 e. The van der Waals surface area contributed by atoms with Gasteiger partial charge in [0, 0.05) is 18.7 Å². The van der Waals surface area contributed by atoms with Gasteiger partial charge in [-0.3, -0.25) is 24.5 Å². The van der Waals surface area contributed by atoms with Crippen LogP contribution >= 0.6 is 0 Å². The third-order valence-electron chi connectivity index (χ3n) is 4.17. The van der Waals surface area contributed by atoms with Gasteiger partial charge in [-0.15, -0.1) is 0 Å². The smallest absolute Gasteiger partial charge is 0.352 e. The first-order valence-corrected chi connectivity index (χ1v) is 7.93. The molecule has 3 N–H and O–H groups in total. The number of hydrogen-bond acceptors (Lipinski definition) is 8. The monoisotopic (exact) mass is 419 g/mol. The minimum absolute atomic E-state index is 0.148. The Hall–Kier alpha value is -3.39. The van der Waals surface area contributed by atoms with Crippen molar-refractivity contribution >= 4 is 5.69 Å². The molecule has 1 aromatic carbocycles. The molecule has 11 nitrogen and oxygen atoms in total. The molecule has 0 saturated carbocycles. The molecule has 1 fully saturated rings. The van der Waals surface area contributed by atoms with Gasteiger partial charge in [0.15, 0.2) is 5.75 Å². The zero-order valence-electron chi connectivity index (χ0n) is 14.2. The number of aromatic hydroxyl groups is 1. The number of aliphatic hydroxyl groups excluding tert-OH is 1. The Morgan fingerprint density at radius 3 is 2.62 bits per heavy atom. The summed E-state index contributed by atoms with van der Waals surface area (Å²) >= 11 is 0. The van der Waals surface area contributed by atoms with Gasteiger partial charge in [-0.25, -0.2) is 4.79 Å². The third kappa shape index (κ3) is 3.66. The van der Waals surface area contributed by atoms with E-state index in [-0.39, 0.29) is 6.42 Å². The summed E-state index contributed by atoms with van der Waals surface area (Å²) in [6.07, 6.45) is -2.59. The molecule has 0 bridgehead atoms. The fourth-order valence-corrected chi connectivity index (χ4v) is 2.76. The standard InChI is InChI=1S/C15H12F3N3O8/c16-9-10(17)14(11(18)13(24)12(9)21(26)27)28-4-6-5(22)3-8(29-6)20-2-1-7(23)19-15(20)25/h1-2,5-6,8,22,24H,3-4H2,(H,19,23,25)/t5-,6+,8+/m0/s1. The van der Waals surface area contributed by atoms with E-state index in [1.54, 1.807) is 0 Å². The highest BCUT2D eigenvalue weighted by Gasteiger charge is 2.38. The molecule has 156 valence electrons. The average Bonchev–Trinajstić information content (AvgIpc) is 3.00. The lowest BCUT2D eigenvalue weighted by Gasteiger charge is -2.17. The van der Waals surface area contributed by atoms with Crippen LogP contribution in [0.4, 0.5) is 18.9 Å². The molecule has 14 heteroatoms. The molecule has 2 aromatic rings. The van der Waals surface area contributed by atoms with Crippen LogP contribution in [-0.2, 0) is 4.74 Å². The maximum Gasteiger partial charge on any atom is 0.352 e. The summed E-state index contributed by atoms with van der Waals surface area (Å²) in [4.78, 5) is 33.9. The quantitative estimate of drug-likeness (QED) is 0.355. The number of nitrogens with one attached hydrogen (secondary N) is 1. The first kappa shape index (κ1) is 20.3. The van der Waals surface area contributed by atoms with Gasteiger partial charge < -0.3 is 19.7 Å². The third-order valence-corrected chi connectivity index (χ3v) is 4.17. The molecule has 1 aliphatic heterocycles. The molecule has 1 aromatic heterocycles. The number of ether oxygens (including phenoxy) is 2. The Bertz CT molecular complexity index is 1060. The molecule has 2 heterocycles. The number of aliphatic hydroxyl groups is 1. The van der Waals surface area contributed by atoms with Crippen LogP contribution in [0.5, 0.6) is 11.5 Å². The molecule has 1 saturated heterocycles. The Morgan fingerprint density at radius 1 is 1.31 bits per heavy atom. The highest BCUT2D eigenvalue weighted by molar-refractivity contribution is 5.53. The van der Waals surface area contributed by atoms with Gasteiger partial charge in [0.1, 0.15) is 18.9 Å². The Morgan fingerprint density at radius 2 is 2.00 bits per heavy atom. The number of aromatic nitrogens is 2. The Kier molecular flexibility index (Phi) is 5.30. The number of nitro benzene ring substituents is 1. The average molecular weight is 419 g/mol. The lowest BCUT2D eigenvalue weighted by atomic mass is 10.2. The number of aromatic amines is 1. The van der Waals surface area contributed by atoms with Gasteiger partial charge in [-0.2, -0.15) is 13.2 Å². The van der Waals surface area contributed by atoms with Crippen LogP contribution in [0.15, 0.2) is 21.9 Å². The molecule has 0 unspecified atom stereocenters. The minimum atomic E-state index is -2.13. The summed E-state index contributed by atoms with van der Waals surface area (Å²) in [5, 5.41) is 30.0. The molecule has 1 aliphatic rings. The molecule has 3 atom stereocenters. The molecule has 0 aliphatic carbocycles. The Labute approximate surface area is 157 Å². The van der Waals surface area contributed by atoms with E-state index in [0.29, 0.717) is 0 Å². The maximum atomic E-state index is 14.0. The topological polar surface area (TPSA) is 157 Å². The fraction of sp³-hybridized carbons (Fsp3) is 0.333. The molecule has 29 heavy (non-hydrogen) atoms. The largest absolute Gasteiger partial charge is 0.500 e. The molecular formula is C15H12F3N3O8. The van der Waals surface area contributed by atoms with Crippen molar-refractivity contribution in [3.8, 4) is 11.5 Å². The van der Waals surface area contributed by atoms with Crippen molar-refractivity contribution in [1.29, 1.82) is 0 Å². The molecular weight excluding hydrogens is 407 g/mol. The lowest BCUT2D eigenvalue weighted by Crippen LogP contribution is -2.32. The predicted molar refractivity (Wildman–Crippen MR) is 86.0 cm³/mol. The van der Waals surface area contributed by atoms with Crippen LogP contribution in [0.2, 0.25) is 0 Å². The van der Waals surface area contributed by atoms with Gasteiger partial charge in [0.05, 0.1) is 11.0 Å². The van der Waals surface area contributed by atoms with Crippen molar-refractivity contribution in [2.45, 2.75) is 24.9 Å². The number of H-pyrrole nitrogens is 1. The van der Waals surface area contributed by atoms with Gasteiger partial charge in [0.25, 0.3) is 5.56 Å². The second-order valence-corrected chi connectivity index (χ2v) is 5.99. The van der Waals surface area contributed by atoms with Crippen LogP contribution in [0.25, 0.3) is 0 Å². The van der Waals surface area contributed by atoms with Crippen molar-refractivity contribution in [2.75, 3.05) is 6.61 Å². The van der Waals surface area contributed by atoms with E-state index < -0.39 is 75.9 Å². The summed E-state index contributed by atoms with van der Waals surface area (Å²) in [6.45, 7) is -0.750. The molecule has 3 rings (SSSR count). The summed E-state index contributed by atoms with van der Waals surface area (Å²) in [6, 6.07) is 1.04. The van der Waals surface area contributed by atoms with Crippen LogP contribution < -0.4 is 16.0 Å². The van der Waals surface area contributed by atoms with Gasteiger partial charge in [-0.05, 0) is 0 Å². The van der Waals surface area contributed by atoms with E-state index in [1.807, 2.05) is 4.98 Å². The van der Waals surface area contributed by atoms with E-state index in [2.05, 4.69) is 0 Å². The summed E-state index contributed by atoms with van der Waals surface area (Å²) in [5.41, 5.74) is -3.27. The number of rotatable bonds is 5. The number of nitro groups is 1. The van der Waals surface area contributed by atoms with E-state index in [9.17, 15) is 43.1 Å². The van der Waals surface area contributed by atoms with Crippen LogP contribution in [0, 0.1) is 27.6 Å². The Balaban J connectivity index is 1.79. The zero-order valence-corrected chi connectivity index (χ0v) is 14.2. The number of phenolic OH excluding ortho intramolecular Hbond substituents is 1. The number of nitrogens with zero attached hydrogens (tertiary/aromatic N) is 2. The second kappa shape index (κ2) is 7.56. The zero-order chi connectivity index (χ0) is 21.5. The van der Waals surface area contributed by atoms with E-state index in [0.717, 1.165) is 16.8 Å². The van der Waals surface area contributed by atoms with E-state index >= 15 is 0 Å². The van der Waals surface area contributed by atoms with Crippen molar-refractivity contribution in [1.82, 2.24) is 9.55 Å². The second-order valence-electron chi connectivity index (χ2n) is 5.99. The van der Waals surface area contributed by atoms with Gasteiger partial charge >= 0.3 is 11.4 Å². The molecule has 0 spiro atoms. The summed E-state index contributed by atoms with van der Waals surface area (Å²) in [5.74, 6) is -9.28. The number of phenols is 1. The summed E-state index contributed by atoms with van der Waals surface area (Å²) in [7, 11) is 0. The van der Waals surface area contributed by atoms with Gasteiger partial charge in [-0.1, -0.05) is 0 Å². The van der Waals surface area contributed by atoms with E-state index in [1.165, 1.54) is 0 Å². The first-order valence-electron chi connectivity index (χ1n) is 7.93. The normalized spacial score (nSPS) is 21.3. The highest BCUT2D eigenvalue weighted by Crippen LogP contribution is 2.40. The lowest BCUT2D eigenvalue weighted by molar-refractivity contribution is -0.389. The SMILES string of the molecule is O=c1ccn([C@H]2C[C@H](O)[C@@H](COc3c(F)c(O)c([N+](=O)[O-])c(F)c3F)O2)c(=O)[nH]1. The van der Waals surface area contributed by atoms with Crippen molar-refractivity contribution in [3.05, 3.63) is 60.7 Å². The van der Waals surface area contributed by atoms with Crippen LogP contribution in [0.1, 0.15) is 12.6 Å². The van der Waals surface area contributed by atoms with Crippen LogP contribution in [-0.4, -0.2) is 43.5 Å². The highest BCUT2D eigenvalue weighted by atomic mass is 19.2. The van der Waals surface area contributed by atoms with E-state index in [4.69, 9.17) is 9.47 Å². The first-order chi connectivity index (χ1) is 13.6. The number of benzene rings is 1. The summed E-state index contributed by atoms with van der Waals surface area (Å²) < 4.78 is 52.7. The fourth-order valence-electron chi connectivity index (χ4n) is 2.76. The van der Waals surface area contributed by atoms with Crippen molar-refractivity contribution < 1.29 is 37.8 Å². The number of halogens is 3. The molecule has 0 radical (unpaired) electrons. The predicted octanol–water partition coefficient (Wildman–Crippen LogP) is 0.295. The van der Waals surface area contributed by atoms with Gasteiger partial charge in [0.2, 0.25) is 23.2 Å². The molecule has 0 amide bonds. The number of hydrogen-bond donors (Lipinski definition) is 3. The van der Waals surface area contributed by atoms with Crippen molar-refractivity contribution in [2.24, 2.45) is 0 Å². The maximum absolute atomic E-state index is 14.0. The van der Waals surface area contributed by atoms with Crippen LogP contribution in [0.3, 0.4) is 0 Å².